The minimum absolute atomic E-state index is 0. The Morgan fingerprint density at radius 2 is 2.00 bits per heavy atom. The smallest absolute Gasteiger partial charge is 0.253 e. The van der Waals surface area contributed by atoms with Crippen LogP contribution in [0.4, 0.5) is 0 Å². The van der Waals surface area contributed by atoms with E-state index in [9.17, 15) is 4.79 Å². The highest BCUT2D eigenvalue weighted by Gasteiger charge is 2.30. The molecule has 1 N–H and O–H groups in total. The number of ether oxygens (including phenoxy) is 2. The lowest BCUT2D eigenvalue weighted by molar-refractivity contribution is -0.146. The minimum Gasteiger partial charge on any atom is -0.493 e. The van der Waals surface area contributed by atoms with Crippen molar-refractivity contribution in [2.75, 3.05) is 39.4 Å². The molecule has 3 rings (SSSR count). The molecule has 6 heteroatoms. The van der Waals surface area contributed by atoms with Crippen molar-refractivity contribution < 1.29 is 14.3 Å². The van der Waals surface area contributed by atoms with Gasteiger partial charge in [0.25, 0.3) is 5.91 Å². The number of carbonyl (C=O) groups is 1. The number of benzene rings is 1. The van der Waals surface area contributed by atoms with Gasteiger partial charge < -0.3 is 19.7 Å². The maximum atomic E-state index is 12.4. The van der Waals surface area contributed by atoms with Gasteiger partial charge in [-0.3, -0.25) is 4.79 Å². The van der Waals surface area contributed by atoms with Crippen LogP contribution >= 0.6 is 12.4 Å². The summed E-state index contributed by atoms with van der Waals surface area (Å²) in [6.07, 6.45) is 1.70. The van der Waals surface area contributed by atoms with Gasteiger partial charge in [0.05, 0.1) is 13.2 Å². The van der Waals surface area contributed by atoms with Gasteiger partial charge in [0, 0.05) is 26.2 Å². The Hall–Kier alpha value is -1.30. The molecule has 23 heavy (non-hydrogen) atoms. The van der Waals surface area contributed by atoms with Crippen molar-refractivity contribution in [3.63, 3.8) is 0 Å². The first-order chi connectivity index (χ1) is 10.8. The molecule has 0 spiro atoms. The topological polar surface area (TPSA) is 50.8 Å². The van der Waals surface area contributed by atoms with Crippen LogP contribution in [-0.2, 0) is 9.53 Å². The fourth-order valence-corrected chi connectivity index (χ4v) is 2.98. The monoisotopic (exact) mass is 340 g/mol. The zero-order valence-electron chi connectivity index (χ0n) is 13.3. The second-order valence-electron chi connectivity index (χ2n) is 5.96. The summed E-state index contributed by atoms with van der Waals surface area (Å²) >= 11 is 0. The molecule has 2 saturated heterocycles. The Bertz CT molecular complexity index is 472. The van der Waals surface area contributed by atoms with Crippen LogP contribution in [0.3, 0.4) is 0 Å². The first-order valence-corrected chi connectivity index (χ1v) is 8.12. The summed E-state index contributed by atoms with van der Waals surface area (Å²) < 4.78 is 11.4. The van der Waals surface area contributed by atoms with Crippen molar-refractivity contribution in [2.24, 2.45) is 5.92 Å². The van der Waals surface area contributed by atoms with Crippen LogP contribution < -0.4 is 10.1 Å². The van der Waals surface area contributed by atoms with Gasteiger partial charge in [-0.25, -0.2) is 0 Å². The van der Waals surface area contributed by atoms with Crippen LogP contribution in [0.5, 0.6) is 5.75 Å². The van der Waals surface area contributed by atoms with Crippen LogP contribution in [0.15, 0.2) is 30.3 Å². The fourth-order valence-electron chi connectivity index (χ4n) is 2.98. The molecule has 0 radical (unpaired) electrons. The molecule has 1 aromatic rings. The van der Waals surface area contributed by atoms with E-state index in [0.717, 1.165) is 44.8 Å². The molecular weight excluding hydrogens is 316 g/mol. The zero-order valence-corrected chi connectivity index (χ0v) is 14.1. The molecule has 0 aliphatic carbocycles. The summed E-state index contributed by atoms with van der Waals surface area (Å²) in [5.74, 6) is 1.58. The molecule has 128 valence electrons. The third kappa shape index (κ3) is 5.09. The van der Waals surface area contributed by atoms with E-state index in [1.807, 2.05) is 35.2 Å². The maximum Gasteiger partial charge on any atom is 0.253 e. The highest BCUT2D eigenvalue weighted by atomic mass is 35.5. The number of hydrogen-bond donors (Lipinski definition) is 1. The normalized spacial score (nSPS) is 22.3. The predicted molar refractivity (Wildman–Crippen MR) is 91.1 cm³/mol. The van der Waals surface area contributed by atoms with Crippen molar-refractivity contribution >= 4 is 18.3 Å². The molecule has 1 atom stereocenters. The number of carbonyl (C=O) groups excluding carboxylic acids is 1. The number of nitrogens with one attached hydrogen (secondary N) is 1. The van der Waals surface area contributed by atoms with Gasteiger partial charge in [0.1, 0.15) is 11.9 Å². The molecule has 1 amide bonds. The summed E-state index contributed by atoms with van der Waals surface area (Å²) in [6, 6.07) is 9.90. The molecule has 0 saturated carbocycles. The predicted octanol–water partition coefficient (Wildman–Crippen LogP) is 1.71. The number of nitrogens with zero attached hydrogens (tertiary/aromatic N) is 1. The molecule has 2 aliphatic heterocycles. The molecule has 5 nitrogen and oxygen atoms in total. The van der Waals surface area contributed by atoms with Crippen LogP contribution in [0.2, 0.25) is 0 Å². The van der Waals surface area contributed by atoms with Crippen molar-refractivity contribution in [1.82, 2.24) is 10.2 Å². The van der Waals surface area contributed by atoms with E-state index in [4.69, 9.17) is 9.47 Å². The summed E-state index contributed by atoms with van der Waals surface area (Å²) in [5.41, 5.74) is 0. The molecule has 1 unspecified atom stereocenters. The minimum atomic E-state index is -0.300. The highest BCUT2D eigenvalue weighted by molar-refractivity contribution is 5.85. The zero-order chi connectivity index (χ0) is 15.2. The average Bonchev–Trinajstić information content (AvgIpc) is 2.61. The number of likely N-dealkylation sites (tertiary alicyclic amines) is 1. The largest absolute Gasteiger partial charge is 0.493 e. The molecular formula is C17H25ClN2O3. The van der Waals surface area contributed by atoms with Crippen LogP contribution in [0, 0.1) is 5.92 Å². The number of piperidine rings is 1. The first kappa shape index (κ1) is 18.0. The lowest BCUT2D eigenvalue weighted by Gasteiger charge is -2.35. The lowest BCUT2D eigenvalue weighted by Crippen LogP contribution is -2.51. The lowest BCUT2D eigenvalue weighted by atomic mass is 9.97. The van der Waals surface area contributed by atoms with E-state index in [-0.39, 0.29) is 24.4 Å². The third-order valence-electron chi connectivity index (χ3n) is 4.36. The number of para-hydroxylation sites is 1. The number of amides is 1. The van der Waals surface area contributed by atoms with E-state index in [0.29, 0.717) is 19.1 Å². The van der Waals surface area contributed by atoms with Gasteiger partial charge in [0.2, 0.25) is 0 Å². The Balaban J connectivity index is 0.00000192. The second kappa shape index (κ2) is 9.11. The Morgan fingerprint density at radius 1 is 1.26 bits per heavy atom. The molecule has 2 fully saturated rings. The van der Waals surface area contributed by atoms with E-state index < -0.39 is 0 Å². The summed E-state index contributed by atoms with van der Waals surface area (Å²) in [6.45, 7) is 4.44. The molecule has 2 heterocycles. The Labute approximate surface area is 143 Å². The Kier molecular flexibility index (Phi) is 7.15. The second-order valence-corrected chi connectivity index (χ2v) is 5.96. The number of halogens is 1. The number of morpholine rings is 1. The van der Waals surface area contributed by atoms with E-state index in [1.165, 1.54) is 0 Å². The Morgan fingerprint density at radius 3 is 2.65 bits per heavy atom. The fraction of sp³-hybridized carbons (Fsp3) is 0.588. The molecule has 0 bridgehead atoms. The number of hydrogen-bond acceptors (Lipinski definition) is 4. The third-order valence-corrected chi connectivity index (χ3v) is 4.36. The average molecular weight is 341 g/mol. The van der Waals surface area contributed by atoms with Crippen molar-refractivity contribution in [3.05, 3.63) is 30.3 Å². The quantitative estimate of drug-likeness (QED) is 0.906. The van der Waals surface area contributed by atoms with Gasteiger partial charge in [-0.15, -0.1) is 12.4 Å². The van der Waals surface area contributed by atoms with Gasteiger partial charge in [-0.05, 0) is 30.9 Å². The van der Waals surface area contributed by atoms with Gasteiger partial charge in [0.15, 0.2) is 0 Å². The first-order valence-electron chi connectivity index (χ1n) is 8.12. The maximum absolute atomic E-state index is 12.4. The van der Waals surface area contributed by atoms with Crippen LogP contribution in [0.25, 0.3) is 0 Å². The van der Waals surface area contributed by atoms with Crippen LogP contribution in [0.1, 0.15) is 12.8 Å². The molecule has 1 aromatic carbocycles. The molecule has 0 aromatic heterocycles. The van der Waals surface area contributed by atoms with Gasteiger partial charge in [-0.2, -0.15) is 0 Å². The summed E-state index contributed by atoms with van der Waals surface area (Å²) in [4.78, 5) is 14.3. The highest BCUT2D eigenvalue weighted by Crippen LogP contribution is 2.20. The van der Waals surface area contributed by atoms with Crippen molar-refractivity contribution in [2.45, 2.75) is 18.9 Å². The van der Waals surface area contributed by atoms with Crippen LogP contribution in [-0.4, -0.2) is 56.3 Å². The summed E-state index contributed by atoms with van der Waals surface area (Å²) in [7, 11) is 0. The SMILES string of the molecule is Cl.O=C(C1CNCCO1)N1CCC(COc2ccccc2)CC1. The van der Waals surface area contributed by atoms with Gasteiger partial charge >= 0.3 is 0 Å². The van der Waals surface area contributed by atoms with Crippen molar-refractivity contribution in [3.8, 4) is 5.75 Å². The summed E-state index contributed by atoms with van der Waals surface area (Å²) in [5, 5.41) is 3.21. The van der Waals surface area contributed by atoms with Crippen molar-refractivity contribution in [1.29, 1.82) is 0 Å². The molecule has 2 aliphatic rings. The standard InChI is InChI=1S/C17H24N2O3.ClH/c20-17(16-12-18-8-11-21-16)19-9-6-14(7-10-19)13-22-15-4-2-1-3-5-15;/h1-5,14,16,18H,6-13H2;1H. The van der Waals surface area contributed by atoms with E-state index >= 15 is 0 Å². The van der Waals surface area contributed by atoms with E-state index in [2.05, 4.69) is 5.32 Å². The number of rotatable bonds is 4. The van der Waals surface area contributed by atoms with Gasteiger partial charge in [-0.1, -0.05) is 18.2 Å². The van der Waals surface area contributed by atoms with E-state index in [1.54, 1.807) is 0 Å².